The van der Waals surface area contributed by atoms with Gasteiger partial charge < -0.3 is 35.4 Å². The summed E-state index contributed by atoms with van der Waals surface area (Å²) in [7, 11) is 0. The smallest absolute Gasteiger partial charge is 0.313 e. The Balaban J connectivity index is 3.32. The van der Waals surface area contributed by atoms with Crippen LogP contribution in [-0.2, 0) is 14.3 Å². The number of ether oxygens (including phenoxy) is 1. The molecule has 6 N–H and O–H groups in total. The van der Waals surface area contributed by atoms with Crippen molar-refractivity contribution in [2.75, 3.05) is 6.61 Å². The van der Waals surface area contributed by atoms with Gasteiger partial charge in [0.05, 0.1) is 13.0 Å². The number of carboxylic acids is 2. The molecule has 0 spiro atoms. The molecule has 0 aliphatic carbocycles. The molecule has 0 bridgehead atoms. The van der Waals surface area contributed by atoms with Crippen LogP contribution in [0.4, 0.5) is 0 Å². The van der Waals surface area contributed by atoms with E-state index in [-0.39, 0.29) is 12.3 Å². The molecule has 0 aromatic rings. The van der Waals surface area contributed by atoms with Crippen LogP contribution in [0.25, 0.3) is 0 Å². The molecule has 1 saturated heterocycles. The van der Waals surface area contributed by atoms with Gasteiger partial charge in [0, 0.05) is 0 Å². The topological polar surface area (TPSA) is 165 Å². The highest BCUT2D eigenvalue weighted by molar-refractivity contribution is 5.82. The fourth-order valence-electron chi connectivity index (χ4n) is 3.13. The van der Waals surface area contributed by atoms with Crippen molar-refractivity contribution in [3.05, 3.63) is 0 Å². The third-order valence-corrected chi connectivity index (χ3v) is 4.10. The molecule has 1 fully saturated rings. The monoisotopic (exact) mass is 336 g/mol. The van der Waals surface area contributed by atoms with Crippen LogP contribution in [0.3, 0.4) is 0 Å². The van der Waals surface area contributed by atoms with Crippen molar-refractivity contribution < 1.29 is 45.0 Å². The van der Waals surface area contributed by atoms with Crippen molar-refractivity contribution in [1.29, 1.82) is 0 Å². The minimum absolute atomic E-state index is 0.128. The molecule has 9 heteroatoms. The highest BCUT2D eigenvalue weighted by Crippen LogP contribution is 2.41. The van der Waals surface area contributed by atoms with Crippen molar-refractivity contribution in [2.45, 2.75) is 57.2 Å². The van der Waals surface area contributed by atoms with E-state index in [1.807, 2.05) is 0 Å². The van der Waals surface area contributed by atoms with Crippen molar-refractivity contribution in [2.24, 2.45) is 11.3 Å². The molecule has 0 aromatic carbocycles. The van der Waals surface area contributed by atoms with Crippen molar-refractivity contribution in [3.8, 4) is 0 Å². The van der Waals surface area contributed by atoms with Crippen LogP contribution in [0.2, 0.25) is 0 Å². The van der Waals surface area contributed by atoms with Crippen molar-refractivity contribution in [3.63, 3.8) is 0 Å². The lowest BCUT2D eigenvalue weighted by Gasteiger charge is -2.47. The second-order valence-electron chi connectivity index (χ2n) is 6.38. The number of aliphatic carboxylic acids is 2. The first-order valence-corrected chi connectivity index (χ1v) is 7.32. The molecule has 1 rings (SSSR count). The molecular formula is C14H24O9. The van der Waals surface area contributed by atoms with E-state index in [1.54, 1.807) is 13.8 Å². The van der Waals surface area contributed by atoms with Gasteiger partial charge in [-0.15, -0.1) is 0 Å². The molecular weight excluding hydrogens is 312 g/mol. The van der Waals surface area contributed by atoms with Gasteiger partial charge in [-0.1, -0.05) is 13.8 Å². The Hall–Kier alpha value is -1.26. The zero-order valence-electron chi connectivity index (χ0n) is 13.0. The Morgan fingerprint density at radius 2 is 1.65 bits per heavy atom. The first-order valence-electron chi connectivity index (χ1n) is 7.32. The Kier molecular flexibility index (Phi) is 6.49. The van der Waals surface area contributed by atoms with Gasteiger partial charge in [0.2, 0.25) is 0 Å². The predicted octanol–water partition coefficient (Wildman–Crippen LogP) is -1.58. The molecule has 0 radical (unpaired) electrons. The van der Waals surface area contributed by atoms with Crippen LogP contribution in [0, 0.1) is 11.3 Å². The maximum Gasteiger partial charge on any atom is 0.313 e. The van der Waals surface area contributed by atoms with Crippen LogP contribution in [0.15, 0.2) is 0 Å². The zero-order chi connectivity index (χ0) is 17.9. The average molecular weight is 336 g/mol. The van der Waals surface area contributed by atoms with Crippen molar-refractivity contribution in [1.82, 2.24) is 0 Å². The quantitative estimate of drug-likeness (QED) is 0.322. The summed E-state index contributed by atoms with van der Waals surface area (Å²) in [5, 5.41) is 57.8. The molecule has 134 valence electrons. The number of carboxylic acid groups (broad SMARTS) is 2. The standard InChI is InChI=1S/C14H24O9/c1-6(2)3-14(13(21)22,4-8(16)17)12-11(20)10(19)9(18)7(5-15)23-12/h6-7,9-12,15,18-20H,3-5H2,1-2H3,(H,16,17)(H,21,22)/t7-,9-,10+,11-,12-,14?/m1/s1. The van der Waals surface area contributed by atoms with Crippen LogP contribution in [-0.4, -0.2) is 79.7 Å². The van der Waals surface area contributed by atoms with E-state index in [0.29, 0.717) is 0 Å². The largest absolute Gasteiger partial charge is 0.481 e. The minimum Gasteiger partial charge on any atom is -0.481 e. The summed E-state index contributed by atoms with van der Waals surface area (Å²) in [6, 6.07) is 0. The molecule has 1 heterocycles. The molecule has 0 aromatic heterocycles. The third-order valence-electron chi connectivity index (χ3n) is 4.10. The van der Waals surface area contributed by atoms with Gasteiger partial charge >= 0.3 is 11.9 Å². The Morgan fingerprint density at radius 3 is 2.04 bits per heavy atom. The Morgan fingerprint density at radius 1 is 1.09 bits per heavy atom. The summed E-state index contributed by atoms with van der Waals surface area (Å²) in [5.74, 6) is -3.12. The summed E-state index contributed by atoms with van der Waals surface area (Å²) in [6.07, 6.45) is -9.04. The lowest BCUT2D eigenvalue weighted by Crippen LogP contribution is -2.65. The Labute approximate surface area is 133 Å². The predicted molar refractivity (Wildman–Crippen MR) is 75.5 cm³/mol. The number of aliphatic hydroxyl groups is 4. The Bertz CT molecular complexity index is 436. The number of hydrogen-bond acceptors (Lipinski definition) is 7. The number of hydrogen-bond donors (Lipinski definition) is 6. The van der Waals surface area contributed by atoms with Gasteiger partial charge in [-0.25, -0.2) is 0 Å². The fraction of sp³-hybridized carbons (Fsp3) is 0.857. The van der Waals surface area contributed by atoms with Gasteiger partial charge in [-0.3, -0.25) is 9.59 Å². The molecule has 0 amide bonds. The number of carbonyl (C=O) groups is 2. The molecule has 23 heavy (non-hydrogen) atoms. The summed E-state index contributed by atoms with van der Waals surface area (Å²) in [5.41, 5.74) is -2.01. The van der Waals surface area contributed by atoms with E-state index >= 15 is 0 Å². The van der Waals surface area contributed by atoms with Crippen LogP contribution in [0.5, 0.6) is 0 Å². The van der Waals surface area contributed by atoms with Gasteiger partial charge in [0.15, 0.2) is 0 Å². The molecule has 1 unspecified atom stereocenters. The van der Waals surface area contributed by atoms with Gasteiger partial charge in [-0.2, -0.15) is 0 Å². The highest BCUT2D eigenvalue weighted by Gasteiger charge is 2.57. The van der Waals surface area contributed by atoms with Gasteiger partial charge in [0.1, 0.15) is 35.9 Å². The SMILES string of the molecule is CC(C)CC(CC(=O)O)(C(=O)O)[C@@H]1O[C@H](CO)[C@@H](O)[C@H](O)[C@H]1O. The number of aliphatic hydroxyl groups excluding tert-OH is 4. The third kappa shape index (κ3) is 3.99. The highest BCUT2D eigenvalue weighted by atomic mass is 16.5. The average Bonchev–Trinajstić information content (AvgIpc) is 2.43. The van der Waals surface area contributed by atoms with E-state index in [0.717, 1.165) is 0 Å². The van der Waals surface area contributed by atoms with E-state index in [4.69, 9.17) is 9.84 Å². The summed E-state index contributed by atoms with van der Waals surface area (Å²) in [4.78, 5) is 23.0. The van der Waals surface area contributed by atoms with E-state index in [1.165, 1.54) is 0 Å². The molecule has 1 aliphatic heterocycles. The van der Waals surface area contributed by atoms with Crippen molar-refractivity contribution >= 4 is 11.9 Å². The lowest BCUT2D eigenvalue weighted by atomic mass is 9.69. The summed E-state index contributed by atoms with van der Waals surface area (Å²) >= 11 is 0. The molecule has 9 nitrogen and oxygen atoms in total. The normalized spacial score (nSPS) is 34.1. The lowest BCUT2D eigenvalue weighted by molar-refractivity contribution is -0.260. The first kappa shape index (κ1) is 19.8. The summed E-state index contributed by atoms with van der Waals surface area (Å²) in [6.45, 7) is 2.65. The van der Waals surface area contributed by atoms with E-state index < -0.39 is 60.9 Å². The van der Waals surface area contributed by atoms with Crippen LogP contribution in [0.1, 0.15) is 26.7 Å². The van der Waals surface area contributed by atoms with E-state index in [9.17, 15) is 35.1 Å². The molecule has 6 atom stereocenters. The first-order chi connectivity index (χ1) is 10.6. The van der Waals surface area contributed by atoms with Gasteiger partial charge in [-0.05, 0) is 12.3 Å². The number of rotatable bonds is 7. The minimum atomic E-state index is -2.01. The zero-order valence-corrected chi connectivity index (χ0v) is 13.0. The second kappa shape index (κ2) is 7.54. The molecule has 0 saturated carbocycles. The molecule has 1 aliphatic rings. The summed E-state index contributed by atoms with van der Waals surface area (Å²) < 4.78 is 5.30. The van der Waals surface area contributed by atoms with E-state index in [2.05, 4.69) is 0 Å². The maximum absolute atomic E-state index is 11.9. The second-order valence-corrected chi connectivity index (χ2v) is 6.38. The van der Waals surface area contributed by atoms with Crippen LogP contribution < -0.4 is 0 Å². The van der Waals surface area contributed by atoms with Gasteiger partial charge in [0.25, 0.3) is 0 Å². The van der Waals surface area contributed by atoms with Crippen LogP contribution >= 0.6 is 0 Å². The maximum atomic E-state index is 11.9. The fourth-order valence-corrected chi connectivity index (χ4v) is 3.13.